The average Bonchev–Trinajstić information content (AvgIpc) is 2.84. The first kappa shape index (κ1) is 12.0. The van der Waals surface area contributed by atoms with Gasteiger partial charge in [-0.15, -0.1) is 5.10 Å². The number of aryl methyl sites for hydroxylation is 1. The van der Waals surface area contributed by atoms with Gasteiger partial charge in [-0.1, -0.05) is 0 Å². The molecule has 1 aliphatic rings. The summed E-state index contributed by atoms with van der Waals surface area (Å²) >= 11 is 0. The predicted octanol–water partition coefficient (Wildman–Crippen LogP) is 1.02. The van der Waals surface area contributed by atoms with Crippen molar-refractivity contribution in [1.82, 2.24) is 19.6 Å². The molecule has 0 atom stereocenters. The van der Waals surface area contributed by atoms with Gasteiger partial charge in [0, 0.05) is 24.8 Å². The number of hydrogen-bond donors (Lipinski definition) is 1. The second-order valence-corrected chi connectivity index (χ2v) is 4.66. The topological polar surface area (TPSA) is 89.6 Å². The molecule has 19 heavy (non-hydrogen) atoms. The number of carbonyl (C=O) groups is 1. The van der Waals surface area contributed by atoms with Crippen LogP contribution in [0, 0.1) is 6.92 Å². The van der Waals surface area contributed by atoms with Gasteiger partial charge < -0.3 is 9.84 Å². The number of fused-ring (bicyclic) bond motifs is 1. The fraction of sp³-hybridized carbons (Fsp3) is 0.500. The lowest BCUT2D eigenvalue weighted by Crippen LogP contribution is -2.15. The largest absolute Gasteiger partial charge is 0.477 e. The van der Waals surface area contributed by atoms with E-state index in [0.29, 0.717) is 24.7 Å². The Morgan fingerprint density at radius 3 is 2.84 bits per heavy atom. The molecule has 2 aromatic rings. The number of aromatic nitrogens is 4. The zero-order chi connectivity index (χ0) is 13.4. The Morgan fingerprint density at radius 2 is 2.16 bits per heavy atom. The highest BCUT2D eigenvalue weighted by Gasteiger charge is 2.21. The molecule has 7 nitrogen and oxygen atoms in total. The molecule has 3 rings (SSSR count). The summed E-state index contributed by atoms with van der Waals surface area (Å²) in [4.78, 5) is 19.3. The van der Waals surface area contributed by atoms with Crippen LogP contribution in [0.15, 0.2) is 6.07 Å². The van der Waals surface area contributed by atoms with Crippen LogP contribution in [0.3, 0.4) is 0 Å². The van der Waals surface area contributed by atoms with Crippen LogP contribution in [0.2, 0.25) is 0 Å². The van der Waals surface area contributed by atoms with Crippen LogP contribution in [-0.4, -0.2) is 43.9 Å². The van der Waals surface area contributed by atoms with Gasteiger partial charge in [-0.05, 0) is 25.8 Å². The third-order valence-corrected chi connectivity index (χ3v) is 3.31. The Hall–Kier alpha value is -2.02. The maximum Gasteiger partial charge on any atom is 0.354 e. The van der Waals surface area contributed by atoms with E-state index >= 15 is 0 Å². The normalized spacial score (nSPS) is 16.9. The third-order valence-electron chi connectivity index (χ3n) is 3.31. The molecule has 1 N–H and O–H groups in total. The van der Waals surface area contributed by atoms with Gasteiger partial charge >= 0.3 is 5.97 Å². The van der Waals surface area contributed by atoms with E-state index in [-0.39, 0.29) is 11.6 Å². The molecule has 0 saturated carbocycles. The minimum atomic E-state index is -1.05. The molecule has 0 bridgehead atoms. The smallest absolute Gasteiger partial charge is 0.354 e. The highest BCUT2D eigenvalue weighted by molar-refractivity contribution is 5.85. The number of hydrogen-bond acceptors (Lipinski definition) is 5. The maximum atomic E-state index is 11.0. The van der Waals surface area contributed by atoms with Crippen molar-refractivity contribution in [1.29, 1.82) is 0 Å². The number of aromatic carboxylic acids is 1. The zero-order valence-corrected chi connectivity index (χ0v) is 10.5. The molecule has 3 heterocycles. The minimum Gasteiger partial charge on any atom is -0.477 e. The fourth-order valence-electron chi connectivity index (χ4n) is 2.27. The van der Waals surface area contributed by atoms with Crippen LogP contribution in [0.5, 0.6) is 0 Å². The molecule has 2 aromatic heterocycles. The first-order valence-electron chi connectivity index (χ1n) is 6.20. The van der Waals surface area contributed by atoms with Crippen molar-refractivity contribution < 1.29 is 14.6 Å². The molecule has 1 fully saturated rings. The highest BCUT2D eigenvalue weighted by Crippen LogP contribution is 2.24. The summed E-state index contributed by atoms with van der Waals surface area (Å²) in [7, 11) is 0. The van der Waals surface area contributed by atoms with Crippen molar-refractivity contribution in [3.05, 3.63) is 23.3 Å². The number of ether oxygens (including phenoxy) is 1. The molecule has 7 heteroatoms. The Morgan fingerprint density at radius 1 is 1.42 bits per heavy atom. The van der Waals surface area contributed by atoms with Crippen molar-refractivity contribution in [2.45, 2.75) is 25.7 Å². The maximum absolute atomic E-state index is 11.0. The van der Waals surface area contributed by atoms with E-state index in [9.17, 15) is 4.79 Å². The zero-order valence-electron chi connectivity index (χ0n) is 10.5. The molecular weight excluding hydrogens is 248 g/mol. The van der Waals surface area contributed by atoms with Gasteiger partial charge in [-0.25, -0.2) is 14.3 Å². The lowest BCUT2D eigenvalue weighted by molar-refractivity contribution is 0.0690. The Kier molecular flexibility index (Phi) is 2.90. The summed E-state index contributed by atoms with van der Waals surface area (Å²) in [5.74, 6) is 0.282. The van der Waals surface area contributed by atoms with E-state index in [1.807, 2.05) is 0 Å². The first-order chi connectivity index (χ1) is 9.15. The minimum absolute atomic E-state index is 0.00377. The van der Waals surface area contributed by atoms with Gasteiger partial charge in [-0.2, -0.15) is 4.98 Å². The lowest BCUT2D eigenvalue weighted by Gasteiger charge is -2.18. The van der Waals surface area contributed by atoms with E-state index in [2.05, 4.69) is 15.1 Å². The monoisotopic (exact) mass is 262 g/mol. The molecule has 0 spiro atoms. The van der Waals surface area contributed by atoms with Crippen molar-refractivity contribution >= 4 is 11.7 Å². The third kappa shape index (κ3) is 2.17. The van der Waals surface area contributed by atoms with Gasteiger partial charge in [0.1, 0.15) is 0 Å². The summed E-state index contributed by atoms with van der Waals surface area (Å²) in [6, 6.07) is 1.50. The Bertz CT molecular complexity index is 631. The fourth-order valence-corrected chi connectivity index (χ4v) is 2.27. The molecule has 0 radical (unpaired) electrons. The van der Waals surface area contributed by atoms with Gasteiger partial charge in [-0.3, -0.25) is 0 Å². The van der Waals surface area contributed by atoms with Crippen molar-refractivity contribution in [2.75, 3.05) is 13.2 Å². The molecule has 1 saturated heterocycles. The number of nitrogens with zero attached hydrogens (tertiary/aromatic N) is 4. The number of carboxylic acids is 1. The van der Waals surface area contributed by atoms with Crippen molar-refractivity contribution in [3.8, 4) is 0 Å². The quantitative estimate of drug-likeness (QED) is 0.869. The van der Waals surface area contributed by atoms with E-state index in [0.717, 1.165) is 18.7 Å². The molecule has 0 aliphatic carbocycles. The van der Waals surface area contributed by atoms with Crippen LogP contribution in [0.1, 0.15) is 40.8 Å². The van der Waals surface area contributed by atoms with Crippen LogP contribution >= 0.6 is 0 Å². The Labute approximate surface area is 109 Å². The average molecular weight is 262 g/mol. The highest BCUT2D eigenvalue weighted by atomic mass is 16.5. The van der Waals surface area contributed by atoms with Crippen LogP contribution in [0.4, 0.5) is 0 Å². The van der Waals surface area contributed by atoms with Gasteiger partial charge in [0.05, 0.1) is 0 Å². The van der Waals surface area contributed by atoms with E-state index in [1.165, 1.54) is 6.07 Å². The second kappa shape index (κ2) is 4.58. The van der Waals surface area contributed by atoms with Gasteiger partial charge in [0.2, 0.25) is 0 Å². The first-order valence-corrected chi connectivity index (χ1v) is 6.20. The lowest BCUT2D eigenvalue weighted by atomic mass is 10.00. The standard InChI is InChI=1S/C12H14N4O3/c1-7-6-9(11(17)18)13-12-14-10(15-16(7)12)8-2-4-19-5-3-8/h6,8H,2-5H2,1H3,(H,17,18). The van der Waals surface area contributed by atoms with Crippen LogP contribution in [-0.2, 0) is 4.74 Å². The molecule has 1 aliphatic heterocycles. The van der Waals surface area contributed by atoms with Gasteiger partial charge in [0.25, 0.3) is 5.78 Å². The van der Waals surface area contributed by atoms with Crippen molar-refractivity contribution in [3.63, 3.8) is 0 Å². The van der Waals surface area contributed by atoms with E-state index in [4.69, 9.17) is 9.84 Å². The molecule has 100 valence electrons. The molecule has 0 unspecified atom stereocenters. The molecule has 0 amide bonds. The number of rotatable bonds is 2. The summed E-state index contributed by atoms with van der Waals surface area (Å²) in [6.45, 7) is 3.23. The van der Waals surface area contributed by atoms with Crippen molar-refractivity contribution in [2.24, 2.45) is 0 Å². The SMILES string of the molecule is Cc1cc(C(=O)O)nc2nc(C3CCOCC3)nn12. The summed E-state index contributed by atoms with van der Waals surface area (Å²) in [5, 5.41) is 13.4. The Balaban J connectivity index is 2.04. The summed E-state index contributed by atoms with van der Waals surface area (Å²) < 4.78 is 6.91. The van der Waals surface area contributed by atoms with Crippen LogP contribution in [0.25, 0.3) is 5.78 Å². The predicted molar refractivity (Wildman–Crippen MR) is 65.3 cm³/mol. The van der Waals surface area contributed by atoms with Crippen LogP contribution < -0.4 is 0 Å². The molecular formula is C12H14N4O3. The van der Waals surface area contributed by atoms with E-state index < -0.39 is 5.97 Å². The second-order valence-electron chi connectivity index (χ2n) is 4.66. The summed E-state index contributed by atoms with van der Waals surface area (Å²) in [6.07, 6.45) is 1.78. The summed E-state index contributed by atoms with van der Waals surface area (Å²) in [5.41, 5.74) is 0.712. The van der Waals surface area contributed by atoms with Gasteiger partial charge in [0.15, 0.2) is 11.5 Å². The number of carboxylic acid groups (broad SMARTS) is 1. The van der Waals surface area contributed by atoms with E-state index in [1.54, 1.807) is 11.4 Å². The molecule has 0 aromatic carbocycles.